The number of hydrogen-bond acceptors (Lipinski definition) is 2. The van der Waals surface area contributed by atoms with Gasteiger partial charge in [0, 0.05) is 39.1 Å². The Bertz CT molecular complexity index is 414. The van der Waals surface area contributed by atoms with E-state index in [4.69, 9.17) is 0 Å². The molecular weight excluding hydrogens is 300 g/mol. The number of aliphatic imine (C=N–C) groups is 1. The normalized spacial score (nSPS) is 22.4. The highest BCUT2D eigenvalue weighted by Gasteiger charge is 2.29. The lowest BCUT2D eigenvalue weighted by atomic mass is 9.87. The van der Waals surface area contributed by atoms with E-state index in [1.54, 1.807) is 0 Å². The first-order valence-corrected chi connectivity index (χ1v) is 9.92. The number of likely N-dealkylation sites (tertiary alicyclic amines) is 1. The molecule has 1 saturated heterocycles. The van der Waals surface area contributed by atoms with Gasteiger partial charge < -0.3 is 15.5 Å². The average molecular weight is 337 g/mol. The molecule has 138 valence electrons. The van der Waals surface area contributed by atoms with Gasteiger partial charge >= 0.3 is 0 Å². The standard InChI is InChI=1S/C19H36N4O/c1-4-15(5-2)16-11-13-23(14-16)19(20-3)21-12-10-18(24)22-17-8-6-7-9-17/h15-17H,4-14H2,1-3H3,(H,20,21)(H,22,24). The van der Waals surface area contributed by atoms with Crippen molar-refractivity contribution in [1.29, 1.82) is 0 Å². The Kier molecular flexibility index (Phi) is 7.86. The molecule has 24 heavy (non-hydrogen) atoms. The Morgan fingerprint density at radius 1 is 1.21 bits per heavy atom. The van der Waals surface area contributed by atoms with Crippen LogP contribution >= 0.6 is 0 Å². The first kappa shape index (κ1) is 19.1. The minimum Gasteiger partial charge on any atom is -0.356 e. The van der Waals surface area contributed by atoms with Crippen LogP contribution in [0.15, 0.2) is 4.99 Å². The molecule has 0 spiro atoms. The number of guanidine groups is 1. The Labute approximate surface area is 147 Å². The zero-order chi connectivity index (χ0) is 17.4. The Balaban J connectivity index is 1.69. The molecule has 1 unspecified atom stereocenters. The topological polar surface area (TPSA) is 56.7 Å². The third-order valence-corrected chi connectivity index (χ3v) is 5.81. The van der Waals surface area contributed by atoms with Crippen molar-refractivity contribution in [2.24, 2.45) is 16.8 Å². The zero-order valence-corrected chi connectivity index (χ0v) is 15.8. The number of nitrogens with one attached hydrogen (secondary N) is 2. The molecule has 1 atom stereocenters. The number of nitrogens with zero attached hydrogens (tertiary/aromatic N) is 2. The minimum absolute atomic E-state index is 0.168. The van der Waals surface area contributed by atoms with Gasteiger partial charge in [0.15, 0.2) is 5.96 Å². The highest BCUT2D eigenvalue weighted by atomic mass is 16.1. The van der Waals surface area contributed by atoms with Crippen LogP contribution in [0.4, 0.5) is 0 Å². The number of carbonyl (C=O) groups excluding carboxylic acids is 1. The molecule has 1 saturated carbocycles. The van der Waals surface area contributed by atoms with Crippen LogP contribution in [0.5, 0.6) is 0 Å². The summed E-state index contributed by atoms with van der Waals surface area (Å²) < 4.78 is 0. The molecule has 5 heteroatoms. The second-order valence-electron chi connectivity index (χ2n) is 7.34. The predicted molar refractivity (Wildman–Crippen MR) is 100 cm³/mol. The second-order valence-corrected chi connectivity index (χ2v) is 7.34. The molecule has 0 aromatic rings. The lowest BCUT2D eigenvalue weighted by Gasteiger charge is -2.24. The van der Waals surface area contributed by atoms with Crippen molar-refractivity contribution in [2.75, 3.05) is 26.7 Å². The lowest BCUT2D eigenvalue weighted by Crippen LogP contribution is -2.42. The molecule has 2 aliphatic rings. The van der Waals surface area contributed by atoms with E-state index >= 15 is 0 Å². The molecule has 1 aliphatic heterocycles. The van der Waals surface area contributed by atoms with E-state index in [0.29, 0.717) is 19.0 Å². The van der Waals surface area contributed by atoms with Gasteiger partial charge in [0.05, 0.1) is 0 Å². The predicted octanol–water partition coefficient (Wildman–Crippen LogP) is 2.77. The third kappa shape index (κ3) is 5.38. The first-order valence-electron chi connectivity index (χ1n) is 9.92. The van der Waals surface area contributed by atoms with E-state index in [1.165, 1.54) is 32.1 Å². The van der Waals surface area contributed by atoms with Crippen LogP contribution < -0.4 is 10.6 Å². The molecule has 0 bridgehead atoms. The molecule has 1 amide bonds. The molecule has 1 aliphatic carbocycles. The fourth-order valence-corrected chi connectivity index (χ4v) is 4.31. The first-order chi connectivity index (χ1) is 11.7. The highest BCUT2D eigenvalue weighted by Crippen LogP contribution is 2.28. The Morgan fingerprint density at radius 3 is 2.54 bits per heavy atom. The molecular formula is C19H36N4O. The van der Waals surface area contributed by atoms with Crippen molar-refractivity contribution in [1.82, 2.24) is 15.5 Å². The van der Waals surface area contributed by atoms with Crippen LogP contribution in [-0.2, 0) is 4.79 Å². The summed E-state index contributed by atoms with van der Waals surface area (Å²) >= 11 is 0. The summed E-state index contributed by atoms with van der Waals surface area (Å²) in [6, 6.07) is 0.413. The fourth-order valence-electron chi connectivity index (χ4n) is 4.31. The van der Waals surface area contributed by atoms with Gasteiger partial charge in [-0.15, -0.1) is 0 Å². The molecule has 0 radical (unpaired) electrons. The average Bonchev–Trinajstić information content (AvgIpc) is 3.25. The molecule has 2 fully saturated rings. The largest absolute Gasteiger partial charge is 0.356 e. The van der Waals surface area contributed by atoms with E-state index in [1.807, 2.05) is 7.05 Å². The van der Waals surface area contributed by atoms with Gasteiger partial charge in [0.2, 0.25) is 5.91 Å². The smallest absolute Gasteiger partial charge is 0.221 e. The molecule has 1 heterocycles. The molecule has 5 nitrogen and oxygen atoms in total. The minimum atomic E-state index is 0.168. The summed E-state index contributed by atoms with van der Waals surface area (Å²) in [5.74, 6) is 2.73. The van der Waals surface area contributed by atoms with Gasteiger partial charge in [-0.25, -0.2) is 0 Å². The summed E-state index contributed by atoms with van der Waals surface area (Å²) in [5, 5.41) is 6.52. The summed E-state index contributed by atoms with van der Waals surface area (Å²) in [6.45, 7) is 7.44. The van der Waals surface area contributed by atoms with Gasteiger partial charge in [-0.3, -0.25) is 9.79 Å². The number of carbonyl (C=O) groups is 1. The van der Waals surface area contributed by atoms with E-state index in [2.05, 4.69) is 34.4 Å². The highest BCUT2D eigenvalue weighted by molar-refractivity contribution is 5.81. The summed E-state index contributed by atoms with van der Waals surface area (Å²) in [7, 11) is 1.84. The quantitative estimate of drug-likeness (QED) is 0.555. The van der Waals surface area contributed by atoms with E-state index < -0.39 is 0 Å². The van der Waals surface area contributed by atoms with Gasteiger partial charge in [-0.2, -0.15) is 0 Å². The summed E-state index contributed by atoms with van der Waals surface area (Å²) in [4.78, 5) is 18.8. The Morgan fingerprint density at radius 2 is 1.92 bits per heavy atom. The second kappa shape index (κ2) is 9.90. The van der Waals surface area contributed by atoms with Crippen LogP contribution in [0.25, 0.3) is 0 Å². The van der Waals surface area contributed by atoms with E-state index in [0.717, 1.165) is 43.7 Å². The van der Waals surface area contributed by atoms with Crippen molar-refractivity contribution in [2.45, 2.75) is 71.3 Å². The van der Waals surface area contributed by atoms with Gasteiger partial charge in [-0.05, 0) is 31.1 Å². The number of amides is 1. The zero-order valence-electron chi connectivity index (χ0n) is 15.8. The maximum Gasteiger partial charge on any atom is 0.221 e. The van der Waals surface area contributed by atoms with Crippen LogP contribution in [-0.4, -0.2) is 49.5 Å². The third-order valence-electron chi connectivity index (χ3n) is 5.81. The summed E-state index contributed by atoms with van der Waals surface area (Å²) in [5.41, 5.74) is 0. The molecule has 2 N–H and O–H groups in total. The maximum absolute atomic E-state index is 12.0. The van der Waals surface area contributed by atoms with Crippen molar-refractivity contribution < 1.29 is 4.79 Å². The van der Waals surface area contributed by atoms with E-state index in [-0.39, 0.29) is 5.91 Å². The number of hydrogen-bond donors (Lipinski definition) is 2. The van der Waals surface area contributed by atoms with Crippen molar-refractivity contribution in [3.8, 4) is 0 Å². The Hall–Kier alpha value is -1.26. The van der Waals surface area contributed by atoms with Crippen LogP contribution in [0.2, 0.25) is 0 Å². The van der Waals surface area contributed by atoms with E-state index in [9.17, 15) is 4.79 Å². The van der Waals surface area contributed by atoms with Crippen molar-refractivity contribution in [3.05, 3.63) is 0 Å². The molecule has 0 aromatic carbocycles. The molecule has 0 aromatic heterocycles. The molecule has 2 rings (SSSR count). The fraction of sp³-hybridized carbons (Fsp3) is 0.895. The van der Waals surface area contributed by atoms with Crippen LogP contribution in [0.3, 0.4) is 0 Å². The van der Waals surface area contributed by atoms with Crippen LogP contribution in [0.1, 0.15) is 65.2 Å². The lowest BCUT2D eigenvalue weighted by molar-refractivity contribution is -0.121. The van der Waals surface area contributed by atoms with Gasteiger partial charge in [0.25, 0.3) is 0 Å². The summed E-state index contributed by atoms with van der Waals surface area (Å²) in [6.07, 6.45) is 9.11. The van der Waals surface area contributed by atoms with Gasteiger partial charge in [0.1, 0.15) is 0 Å². The van der Waals surface area contributed by atoms with Gasteiger partial charge in [-0.1, -0.05) is 39.5 Å². The maximum atomic E-state index is 12.0. The van der Waals surface area contributed by atoms with Crippen LogP contribution in [0, 0.1) is 11.8 Å². The number of rotatable bonds is 7. The monoisotopic (exact) mass is 336 g/mol. The SMILES string of the molecule is CCC(CC)C1CCN(C(=NC)NCCC(=O)NC2CCCC2)C1. The van der Waals surface area contributed by atoms with Crippen molar-refractivity contribution in [3.63, 3.8) is 0 Å². The van der Waals surface area contributed by atoms with Crippen molar-refractivity contribution >= 4 is 11.9 Å².